The van der Waals surface area contributed by atoms with Crippen LogP contribution in [0.15, 0.2) is 11.1 Å². The number of halogens is 1. The summed E-state index contributed by atoms with van der Waals surface area (Å²) in [4.78, 5) is 11.8. The van der Waals surface area contributed by atoms with Crippen molar-refractivity contribution in [2.24, 2.45) is 17.3 Å². The number of carbonyl (C=O) groups excluding carboxylic acids is 1. The molecule has 2 atom stereocenters. The summed E-state index contributed by atoms with van der Waals surface area (Å²) >= 11 is 5.84. The van der Waals surface area contributed by atoms with Crippen molar-refractivity contribution in [3.63, 3.8) is 0 Å². The van der Waals surface area contributed by atoms with Crippen LogP contribution in [0.5, 0.6) is 0 Å². The maximum atomic E-state index is 11.8. The third kappa shape index (κ3) is 2.20. The fourth-order valence-electron chi connectivity index (χ4n) is 2.11. The normalized spacial score (nSPS) is 33.7. The van der Waals surface area contributed by atoms with Gasteiger partial charge in [0.15, 0.2) is 0 Å². The third-order valence-corrected chi connectivity index (χ3v) is 3.51. The molecule has 0 aliphatic heterocycles. The molecular formula is C12H17ClO2. The van der Waals surface area contributed by atoms with E-state index in [2.05, 4.69) is 13.8 Å². The Labute approximate surface area is 95.6 Å². The van der Waals surface area contributed by atoms with Crippen molar-refractivity contribution >= 4 is 17.6 Å². The molecule has 0 aromatic heterocycles. The lowest BCUT2D eigenvalue weighted by atomic mass is 10.1. The Bertz CT molecular complexity index is 312. The summed E-state index contributed by atoms with van der Waals surface area (Å²) in [5.41, 5.74) is 0.0160. The van der Waals surface area contributed by atoms with Crippen molar-refractivity contribution < 1.29 is 9.53 Å². The molecule has 2 aliphatic rings. The molecule has 0 amide bonds. The molecule has 0 unspecified atom stereocenters. The van der Waals surface area contributed by atoms with Crippen LogP contribution in [-0.4, -0.2) is 12.1 Å². The van der Waals surface area contributed by atoms with Crippen LogP contribution < -0.4 is 0 Å². The van der Waals surface area contributed by atoms with Gasteiger partial charge in [0.2, 0.25) is 0 Å². The highest BCUT2D eigenvalue weighted by Crippen LogP contribution is 2.60. The Morgan fingerprint density at radius 3 is 2.53 bits per heavy atom. The summed E-state index contributed by atoms with van der Waals surface area (Å²) in [6.07, 6.45) is 4.25. The van der Waals surface area contributed by atoms with E-state index in [1.165, 1.54) is 0 Å². The maximum Gasteiger partial charge on any atom is 0.310 e. The standard InChI is InChI=1S/C12H17ClO2/c1-7(13)6-9-10(12(9,2)3)11(14)15-8-4-5-8/h6,8-10H,4-5H2,1-3H3/b7-6-/t9-,10+/m1/s1. The number of hydrogen-bond donors (Lipinski definition) is 0. The second kappa shape index (κ2) is 3.51. The van der Waals surface area contributed by atoms with Gasteiger partial charge in [-0.05, 0) is 31.1 Å². The minimum Gasteiger partial charge on any atom is -0.462 e. The Morgan fingerprint density at radius 2 is 2.07 bits per heavy atom. The zero-order chi connectivity index (χ0) is 11.2. The first-order valence-corrected chi connectivity index (χ1v) is 5.85. The summed E-state index contributed by atoms with van der Waals surface area (Å²) in [7, 11) is 0. The molecule has 84 valence electrons. The summed E-state index contributed by atoms with van der Waals surface area (Å²) in [5.74, 6) is 0.217. The number of rotatable bonds is 3. The average molecular weight is 229 g/mol. The Hall–Kier alpha value is -0.500. The molecule has 15 heavy (non-hydrogen) atoms. The van der Waals surface area contributed by atoms with E-state index in [0.29, 0.717) is 0 Å². The minimum absolute atomic E-state index is 0.00630. The topological polar surface area (TPSA) is 26.3 Å². The van der Waals surface area contributed by atoms with Crippen LogP contribution in [0.1, 0.15) is 33.6 Å². The number of carbonyl (C=O) groups is 1. The maximum absolute atomic E-state index is 11.8. The molecule has 0 heterocycles. The van der Waals surface area contributed by atoms with Crippen molar-refractivity contribution in [3.05, 3.63) is 11.1 Å². The fraction of sp³-hybridized carbons (Fsp3) is 0.750. The van der Waals surface area contributed by atoms with Crippen LogP contribution in [0.25, 0.3) is 0 Å². The van der Waals surface area contributed by atoms with E-state index in [9.17, 15) is 4.79 Å². The SMILES string of the molecule is C/C(Cl)=C/[C@@H]1[C@@H](C(=O)OC2CC2)C1(C)C. The first kappa shape index (κ1) is 11.0. The Kier molecular flexibility index (Phi) is 2.58. The van der Waals surface area contributed by atoms with Gasteiger partial charge in [-0.25, -0.2) is 0 Å². The van der Waals surface area contributed by atoms with Crippen LogP contribution in [0.3, 0.4) is 0 Å². The van der Waals surface area contributed by atoms with Crippen molar-refractivity contribution in [1.29, 1.82) is 0 Å². The van der Waals surface area contributed by atoms with Gasteiger partial charge in [0, 0.05) is 5.03 Å². The number of allylic oxidation sites excluding steroid dienone is 2. The predicted octanol–water partition coefficient (Wildman–Crippen LogP) is 3.11. The van der Waals surface area contributed by atoms with E-state index in [-0.39, 0.29) is 29.3 Å². The zero-order valence-corrected chi connectivity index (χ0v) is 10.2. The van der Waals surface area contributed by atoms with Gasteiger partial charge in [0.25, 0.3) is 0 Å². The summed E-state index contributed by atoms with van der Waals surface area (Å²) in [6, 6.07) is 0. The average Bonchev–Trinajstić information content (AvgIpc) is 2.92. The smallest absolute Gasteiger partial charge is 0.310 e. The summed E-state index contributed by atoms with van der Waals surface area (Å²) < 4.78 is 5.32. The molecular weight excluding hydrogens is 212 g/mol. The Balaban J connectivity index is 1.98. The zero-order valence-electron chi connectivity index (χ0n) is 9.42. The molecule has 2 nitrogen and oxygen atoms in total. The second-order valence-corrected chi connectivity index (χ2v) is 5.81. The van der Waals surface area contributed by atoms with Gasteiger partial charge >= 0.3 is 5.97 Å². The molecule has 3 heteroatoms. The van der Waals surface area contributed by atoms with E-state index in [1.807, 2.05) is 13.0 Å². The number of hydrogen-bond acceptors (Lipinski definition) is 2. The Morgan fingerprint density at radius 1 is 1.47 bits per heavy atom. The summed E-state index contributed by atoms with van der Waals surface area (Å²) in [5, 5.41) is 0.759. The first-order chi connectivity index (χ1) is 6.93. The predicted molar refractivity (Wildman–Crippen MR) is 59.5 cm³/mol. The van der Waals surface area contributed by atoms with Crippen LogP contribution in [0.4, 0.5) is 0 Å². The largest absolute Gasteiger partial charge is 0.462 e. The van der Waals surface area contributed by atoms with Gasteiger partial charge in [-0.3, -0.25) is 4.79 Å². The van der Waals surface area contributed by atoms with Crippen molar-refractivity contribution in [1.82, 2.24) is 0 Å². The number of esters is 1. The molecule has 0 aromatic rings. The van der Waals surface area contributed by atoms with E-state index in [1.54, 1.807) is 0 Å². The van der Waals surface area contributed by atoms with Crippen molar-refractivity contribution in [2.75, 3.05) is 0 Å². The van der Waals surface area contributed by atoms with Crippen LogP contribution >= 0.6 is 11.6 Å². The highest BCUT2D eigenvalue weighted by molar-refractivity contribution is 6.29. The molecule has 2 rings (SSSR count). The monoisotopic (exact) mass is 228 g/mol. The highest BCUT2D eigenvalue weighted by Gasteiger charge is 2.61. The van der Waals surface area contributed by atoms with Gasteiger partial charge in [0.1, 0.15) is 6.10 Å². The lowest BCUT2D eigenvalue weighted by Crippen LogP contribution is -2.11. The first-order valence-electron chi connectivity index (χ1n) is 5.47. The molecule has 0 spiro atoms. The lowest BCUT2D eigenvalue weighted by Gasteiger charge is -2.02. The van der Waals surface area contributed by atoms with E-state index < -0.39 is 0 Å². The molecule has 0 radical (unpaired) electrons. The minimum atomic E-state index is -0.0401. The quantitative estimate of drug-likeness (QED) is 0.694. The van der Waals surface area contributed by atoms with Gasteiger partial charge in [-0.2, -0.15) is 0 Å². The van der Waals surface area contributed by atoms with Gasteiger partial charge in [-0.15, -0.1) is 0 Å². The van der Waals surface area contributed by atoms with Gasteiger partial charge in [0.05, 0.1) is 5.92 Å². The fourth-order valence-corrected chi connectivity index (χ4v) is 2.25. The third-order valence-electron chi connectivity index (χ3n) is 3.38. The number of ether oxygens (including phenoxy) is 1. The van der Waals surface area contributed by atoms with E-state index >= 15 is 0 Å². The van der Waals surface area contributed by atoms with Crippen LogP contribution in [0.2, 0.25) is 0 Å². The molecule has 2 aliphatic carbocycles. The van der Waals surface area contributed by atoms with Crippen LogP contribution in [-0.2, 0) is 9.53 Å². The second-order valence-electron chi connectivity index (χ2n) is 5.21. The molecule has 0 aromatic carbocycles. The van der Waals surface area contributed by atoms with E-state index in [4.69, 9.17) is 16.3 Å². The highest BCUT2D eigenvalue weighted by atomic mass is 35.5. The lowest BCUT2D eigenvalue weighted by molar-refractivity contribution is -0.147. The van der Waals surface area contributed by atoms with E-state index in [0.717, 1.165) is 17.9 Å². The molecule has 0 bridgehead atoms. The van der Waals surface area contributed by atoms with Crippen molar-refractivity contribution in [2.45, 2.75) is 39.7 Å². The summed E-state index contributed by atoms with van der Waals surface area (Å²) in [6.45, 7) is 6.03. The van der Waals surface area contributed by atoms with Gasteiger partial charge in [-0.1, -0.05) is 31.5 Å². The van der Waals surface area contributed by atoms with Gasteiger partial charge < -0.3 is 4.74 Å². The molecule has 2 fully saturated rings. The van der Waals surface area contributed by atoms with Crippen molar-refractivity contribution in [3.8, 4) is 0 Å². The molecule has 0 N–H and O–H groups in total. The van der Waals surface area contributed by atoms with Crippen LogP contribution in [0, 0.1) is 17.3 Å². The molecule has 2 saturated carbocycles. The molecule has 0 saturated heterocycles.